The fourth-order valence-electron chi connectivity index (χ4n) is 4.57. The number of benzene rings is 4. The van der Waals surface area contributed by atoms with Gasteiger partial charge < -0.3 is 0 Å². The molecule has 1 aliphatic heterocycles. The van der Waals surface area contributed by atoms with Crippen LogP contribution in [0.3, 0.4) is 0 Å². The molecule has 0 aliphatic carbocycles. The molecule has 2 unspecified atom stereocenters. The molecule has 0 aromatic heterocycles. The highest BCUT2D eigenvalue weighted by molar-refractivity contribution is 7.99. The third kappa shape index (κ3) is 4.40. The van der Waals surface area contributed by atoms with Crippen molar-refractivity contribution in [2.75, 3.05) is 0 Å². The lowest BCUT2D eigenvalue weighted by Gasteiger charge is -2.27. The van der Waals surface area contributed by atoms with Gasteiger partial charge in [-0.05, 0) is 72.9 Å². The van der Waals surface area contributed by atoms with E-state index >= 15 is 0 Å². The molecule has 0 N–H and O–H groups in total. The molecule has 5 rings (SSSR count). The third-order valence-electron chi connectivity index (χ3n) is 6.76. The smallest absolute Gasteiger partial charge is 0.185 e. The van der Waals surface area contributed by atoms with Crippen LogP contribution >= 0.6 is 11.8 Å². The van der Waals surface area contributed by atoms with Gasteiger partial charge in [0.1, 0.15) is 0 Å². The summed E-state index contributed by atoms with van der Waals surface area (Å²) >= 11 is 1.56. The SMILES string of the molecule is CC(c1cc2c(c(C(C)S(=O)(=O)c3ccccc3)c1)Sc1ccccc1C2)S(=O)(=O)c1ccccc1. The lowest BCUT2D eigenvalue weighted by molar-refractivity contribution is 0.585. The number of sulfone groups is 2. The van der Waals surface area contributed by atoms with E-state index in [1.54, 1.807) is 92.3 Å². The van der Waals surface area contributed by atoms with E-state index in [-0.39, 0.29) is 9.79 Å². The predicted molar refractivity (Wildman–Crippen MR) is 144 cm³/mol. The van der Waals surface area contributed by atoms with E-state index in [2.05, 4.69) is 6.07 Å². The fourth-order valence-corrected chi connectivity index (χ4v) is 8.80. The second-order valence-corrected chi connectivity index (χ2v) is 14.6. The second-order valence-electron chi connectivity index (χ2n) is 8.99. The molecule has 7 heteroatoms. The Balaban J connectivity index is 1.67. The minimum absolute atomic E-state index is 0.251. The molecule has 0 amide bonds. The van der Waals surface area contributed by atoms with Crippen molar-refractivity contribution in [1.29, 1.82) is 0 Å². The van der Waals surface area contributed by atoms with Crippen LogP contribution in [0.25, 0.3) is 0 Å². The van der Waals surface area contributed by atoms with Gasteiger partial charge in [0, 0.05) is 9.79 Å². The average Bonchev–Trinajstić information content (AvgIpc) is 2.91. The molecule has 4 aromatic carbocycles. The highest BCUT2D eigenvalue weighted by Crippen LogP contribution is 2.47. The Morgan fingerprint density at radius 2 is 1.17 bits per heavy atom. The van der Waals surface area contributed by atoms with Crippen LogP contribution in [0.5, 0.6) is 0 Å². The van der Waals surface area contributed by atoms with Crippen LogP contribution in [0, 0.1) is 0 Å². The van der Waals surface area contributed by atoms with E-state index in [9.17, 15) is 16.8 Å². The van der Waals surface area contributed by atoms with Gasteiger partial charge in [0.25, 0.3) is 0 Å². The zero-order valence-corrected chi connectivity index (χ0v) is 22.4. The van der Waals surface area contributed by atoms with E-state index < -0.39 is 30.2 Å². The molecule has 2 atom stereocenters. The molecule has 1 heterocycles. The van der Waals surface area contributed by atoms with Crippen LogP contribution in [0.1, 0.15) is 46.6 Å². The third-order valence-corrected chi connectivity index (χ3v) is 12.3. The Hall–Kier alpha value is -2.87. The summed E-state index contributed by atoms with van der Waals surface area (Å²) in [4.78, 5) is 2.49. The molecule has 0 radical (unpaired) electrons. The van der Waals surface area contributed by atoms with Crippen LogP contribution in [0.15, 0.2) is 117 Å². The molecular weight excluding hydrogens is 509 g/mol. The Bertz CT molecular complexity index is 1630. The van der Waals surface area contributed by atoms with Gasteiger partial charge in [-0.15, -0.1) is 0 Å². The minimum Gasteiger partial charge on any atom is -0.223 e. The highest BCUT2D eigenvalue weighted by Gasteiger charge is 2.33. The van der Waals surface area contributed by atoms with Crippen molar-refractivity contribution in [2.45, 2.75) is 50.4 Å². The first-order valence-corrected chi connectivity index (χ1v) is 15.6. The number of hydrogen-bond acceptors (Lipinski definition) is 5. The second kappa shape index (κ2) is 9.54. The molecule has 1 aliphatic rings. The maximum absolute atomic E-state index is 13.6. The van der Waals surface area contributed by atoms with Crippen molar-refractivity contribution in [3.63, 3.8) is 0 Å². The molecule has 0 saturated heterocycles. The summed E-state index contributed by atoms with van der Waals surface area (Å²) in [6.45, 7) is 3.37. The minimum atomic E-state index is -3.70. The van der Waals surface area contributed by atoms with E-state index in [1.165, 1.54) is 0 Å². The first kappa shape index (κ1) is 24.8. The fraction of sp³-hybridized carbons (Fsp3) is 0.172. The number of fused-ring (bicyclic) bond motifs is 2. The van der Waals surface area contributed by atoms with Crippen LogP contribution in [0.2, 0.25) is 0 Å². The van der Waals surface area contributed by atoms with Crippen LogP contribution in [0.4, 0.5) is 0 Å². The number of hydrogen-bond donors (Lipinski definition) is 0. The van der Waals surface area contributed by atoms with Crippen LogP contribution in [-0.4, -0.2) is 16.8 Å². The lowest BCUT2D eigenvalue weighted by atomic mass is 9.96. The maximum atomic E-state index is 13.6. The first-order chi connectivity index (χ1) is 17.2. The Labute approximate surface area is 217 Å². The molecule has 4 nitrogen and oxygen atoms in total. The van der Waals surface area contributed by atoms with Crippen molar-refractivity contribution in [3.8, 4) is 0 Å². The lowest BCUT2D eigenvalue weighted by Crippen LogP contribution is -2.16. The van der Waals surface area contributed by atoms with Gasteiger partial charge in [-0.2, -0.15) is 0 Å². The van der Waals surface area contributed by atoms with Gasteiger partial charge in [0.05, 0.1) is 20.3 Å². The van der Waals surface area contributed by atoms with Gasteiger partial charge in [-0.3, -0.25) is 0 Å². The zero-order valence-electron chi connectivity index (χ0n) is 20.0. The molecule has 0 spiro atoms. The predicted octanol–water partition coefficient (Wildman–Crippen LogP) is 6.81. The standard InChI is InChI=1S/C29H26O4S3/c1-20(35(30,31)25-12-5-3-6-13-25)23-18-24-17-22-11-9-10-16-28(22)34-29(24)27(19-23)21(2)36(32,33)26-14-7-4-8-15-26/h3-16,18-21H,17H2,1-2H3. The van der Waals surface area contributed by atoms with Gasteiger partial charge >= 0.3 is 0 Å². The highest BCUT2D eigenvalue weighted by atomic mass is 32.2. The molecule has 0 saturated carbocycles. The summed E-state index contributed by atoms with van der Waals surface area (Å²) in [5.74, 6) is 0. The summed E-state index contributed by atoms with van der Waals surface area (Å²) in [5, 5.41) is -1.68. The maximum Gasteiger partial charge on any atom is 0.185 e. The van der Waals surface area contributed by atoms with Gasteiger partial charge in [-0.25, -0.2) is 16.8 Å². The topological polar surface area (TPSA) is 68.3 Å². The van der Waals surface area contributed by atoms with Gasteiger partial charge in [-0.1, -0.05) is 78.5 Å². The molecular formula is C29H26O4S3. The van der Waals surface area contributed by atoms with Crippen molar-refractivity contribution in [3.05, 3.63) is 119 Å². The molecule has 184 valence electrons. The summed E-state index contributed by atoms with van der Waals surface area (Å²) in [6.07, 6.45) is 0.621. The van der Waals surface area contributed by atoms with Gasteiger partial charge in [0.15, 0.2) is 19.7 Å². The molecule has 4 aromatic rings. The van der Waals surface area contributed by atoms with Crippen molar-refractivity contribution >= 4 is 31.4 Å². The normalized spacial score (nSPS) is 14.9. The van der Waals surface area contributed by atoms with Crippen molar-refractivity contribution in [1.82, 2.24) is 0 Å². The summed E-state index contributed by atoms with van der Waals surface area (Å²) in [5.41, 5.74) is 3.34. The van der Waals surface area contributed by atoms with Crippen LogP contribution in [-0.2, 0) is 26.1 Å². The van der Waals surface area contributed by atoms with Gasteiger partial charge in [0.2, 0.25) is 0 Å². The zero-order chi connectivity index (χ0) is 25.5. The quantitative estimate of drug-likeness (QED) is 0.239. The van der Waals surface area contributed by atoms with Crippen molar-refractivity contribution < 1.29 is 16.8 Å². The monoisotopic (exact) mass is 534 g/mol. The largest absolute Gasteiger partial charge is 0.223 e. The Morgan fingerprint density at radius 3 is 1.78 bits per heavy atom. The summed E-state index contributed by atoms with van der Waals surface area (Å²) in [6, 6.07) is 28.6. The van der Waals surface area contributed by atoms with Crippen LogP contribution < -0.4 is 0 Å². The Morgan fingerprint density at radius 1 is 0.639 bits per heavy atom. The van der Waals surface area contributed by atoms with Crippen molar-refractivity contribution in [2.24, 2.45) is 0 Å². The molecule has 0 fully saturated rings. The van der Waals surface area contributed by atoms with E-state index in [0.29, 0.717) is 17.5 Å². The first-order valence-electron chi connectivity index (χ1n) is 11.7. The number of rotatable bonds is 6. The average molecular weight is 535 g/mol. The molecule has 0 bridgehead atoms. The van der Waals surface area contributed by atoms with E-state index in [0.717, 1.165) is 20.9 Å². The summed E-state index contributed by atoms with van der Waals surface area (Å²) < 4.78 is 54.2. The summed E-state index contributed by atoms with van der Waals surface area (Å²) in [7, 11) is -7.36. The Kier molecular flexibility index (Phi) is 6.57. The van der Waals surface area contributed by atoms with E-state index in [4.69, 9.17) is 0 Å². The van der Waals surface area contributed by atoms with E-state index in [1.807, 2.05) is 24.3 Å². The molecule has 36 heavy (non-hydrogen) atoms.